The van der Waals surface area contributed by atoms with Gasteiger partial charge in [0.2, 0.25) is 0 Å². The van der Waals surface area contributed by atoms with Crippen molar-refractivity contribution in [2.24, 2.45) is 0 Å². The molecule has 0 radical (unpaired) electrons. The summed E-state index contributed by atoms with van der Waals surface area (Å²) in [5, 5.41) is 3.15. The molecule has 5 nitrogen and oxygen atoms in total. The highest BCUT2D eigenvalue weighted by Gasteiger charge is 2.34. The Hall–Kier alpha value is -2.53. The monoisotopic (exact) mass is 338 g/mol. The van der Waals surface area contributed by atoms with E-state index in [9.17, 15) is 4.79 Å². The van der Waals surface area contributed by atoms with Gasteiger partial charge in [-0.25, -0.2) is 0 Å². The van der Waals surface area contributed by atoms with Crippen LogP contribution in [0.1, 0.15) is 53.4 Å². The molecule has 130 valence electrons. The van der Waals surface area contributed by atoms with E-state index in [2.05, 4.69) is 5.32 Å². The van der Waals surface area contributed by atoms with Crippen LogP contribution in [-0.4, -0.2) is 11.5 Å². The van der Waals surface area contributed by atoms with Gasteiger partial charge in [-0.15, -0.1) is 0 Å². The Morgan fingerprint density at radius 1 is 1.16 bits per heavy atom. The first kappa shape index (κ1) is 16.0. The predicted molar refractivity (Wildman–Crippen MR) is 95.3 cm³/mol. The van der Waals surface area contributed by atoms with Crippen LogP contribution < -0.4 is 15.8 Å². The zero-order valence-corrected chi connectivity index (χ0v) is 14.5. The number of benzene rings is 2. The fraction of sp³-hybridized carbons (Fsp3) is 0.350. The maximum Gasteiger partial charge on any atom is 0.251 e. The number of nitrogens with one attached hydrogen (secondary N) is 1. The molecule has 2 heterocycles. The second-order valence-electron chi connectivity index (χ2n) is 7.37. The average molecular weight is 338 g/mol. The van der Waals surface area contributed by atoms with Crippen molar-refractivity contribution in [2.75, 3.05) is 5.73 Å². The Morgan fingerprint density at radius 2 is 1.96 bits per heavy atom. The van der Waals surface area contributed by atoms with Gasteiger partial charge in [0, 0.05) is 23.2 Å². The number of nitrogens with two attached hydrogens (primary N) is 1. The Kier molecular flexibility index (Phi) is 3.69. The van der Waals surface area contributed by atoms with Crippen molar-refractivity contribution in [3.8, 4) is 5.75 Å². The molecule has 2 aliphatic heterocycles. The lowest BCUT2D eigenvalue weighted by molar-refractivity contribution is 0.0620. The van der Waals surface area contributed by atoms with Gasteiger partial charge in [-0.05, 0) is 55.3 Å². The van der Waals surface area contributed by atoms with Crippen molar-refractivity contribution >= 4 is 11.6 Å². The number of ether oxygens (including phenoxy) is 2. The summed E-state index contributed by atoms with van der Waals surface area (Å²) in [5.74, 6) is 0.684. The minimum absolute atomic E-state index is 0.0919. The van der Waals surface area contributed by atoms with Crippen molar-refractivity contribution in [3.05, 3.63) is 58.7 Å². The van der Waals surface area contributed by atoms with Crippen molar-refractivity contribution in [3.63, 3.8) is 0 Å². The number of carbonyl (C=O) groups is 1. The van der Waals surface area contributed by atoms with E-state index in [-0.39, 0.29) is 17.6 Å². The first-order chi connectivity index (χ1) is 11.9. The summed E-state index contributed by atoms with van der Waals surface area (Å²) in [5.41, 5.74) is 10.1. The van der Waals surface area contributed by atoms with Gasteiger partial charge in [0.15, 0.2) is 0 Å². The highest BCUT2D eigenvalue weighted by molar-refractivity contribution is 5.94. The smallest absolute Gasteiger partial charge is 0.251 e. The molecule has 2 aromatic carbocycles. The zero-order chi connectivity index (χ0) is 17.6. The van der Waals surface area contributed by atoms with Gasteiger partial charge in [-0.2, -0.15) is 0 Å². The summed E-state index contributed by atoms with van der Waals surface area (Å²) >= 11 is 0. The maximum absolute atomic E-state index is 12.8. The normalized spacial score (nSPS) is 20.3. The molecule has 5 heteroatoms. The highest BCUT2D eigenvalue weighted by Crippen LogP contribution is 2.40. The minimum atomic E-state index is -0.354. The maximum atomic E-state index is 12.8. The van der Waals surface area contributed by atoms with Gasteiger partial charge < -0.3 is 20.5 Å². The fourth-order valence-electron chi connectivity index (χ4n) is 3.56. The van der Waals surface area contributed by atoms with Gasteiger partial charge in [-0.3, -0.25) is 4.79 Å². The number of hydrogen-bond acceptors (Lipinski definition) is 4. The van der Waals surface area contributed by atoms with E-state index in [1.165, 1.54) is 0 Å². The third-order valence-electron chi connectivity index (χ3n) is 4.78. The van der Waals surface area contributed by atoms with E-state index in [1.807, 2.05) is 50.2 Å². The van der Waals surface area contributed by atoms with Crippen LogP contribution in [0.5, 0.6) is 5.75 Å². The van der Waals surface area contributed by atoms with Crippen LogP contribution in [0.15, 0.2) is 36.4 Å². The van der Waals surface area contributed by atoms with E-state index in [4.69, 9.17) is 15.2 Å². The van der Waals surface area contributed by atoms with Crippen molar-refractivity contribution in [2.45, 2.75) is 45.1 Å². The molecule has 1 unspecified atom stereocenters. The molecule has 1 amide bonds. The van der Waals surface area contributed by atoms with E-state index in [1.54, 1.807) is 0 Å². The Morgan fingerprint density at radius 3 is 2.80 bits per heavy atom. The van der Waals surface area contributed by atoms with Gasteiger partial charge in [0.05, 0.1) is 19.3 Å². The van der Waals surface area contributed by atoms with Gasteiger partial charge in [-0.1, -0.05) is 6.07 Å². The minimum Gasteiger partial charge on any atom is -0.487 e. The molecule has 2 aliphatic rings. The third kappa shape index (κ3) is 3.07. The summed E-state index contributed by atoms with van der Waals surface area (Å²) in [7, 11) is 0. The molecular formula is C20H22N2O3. The van der Waals surface area contributed by atoms with Crippen molar-refractivity contribution in [1.82, 2.24) is 5.32 Å². The SMILES string of the molecule is CC1(C)CC(NC(=O)c2ccc3c(c2)COC3)c2cc(N)ccc2O1. The average Bonchev–Trinajstić information content (AvgIpc) is 3.02. The summed E-state index contributed by atoms with van der Waals surface area (Å²) < 4.78 is 11.5. The number of anilines is 1. The molecule has 0 aliphatic carbocycles. The standard InChI is InChI=1S/C20H22N2O3/c1-20(2)9-17(16-8-15(21)5-6-18(16)25-20)22-19(23)12-3-4-13-10-24-11-14(13)7-12/h3-8,17H,9-11,21H2,1-2H3,(H,22,23). The summed E-state index contributed by atoms with van der Waals surface area (Å²) in [4.78, 5) is 12.8. The van der Waals surface area contributed by atoms with Crippen LogP contribution in [-0.2, 0) is 18.0 Å². The Labute approximate surface area is 147 Å². The topological polar surface area (TPSA) is 73.6 Å². The van der Waals surface area contributed by atoms with Gasteiger partial charge in [0.1, 0.15) is 11.4 Å². The molecule has 0 saturated heterocycles. The third-order valence-corrected chi connectivity index (χ3v) is 4.78. The molecule has 0 bridgehead atoms. The van der Waals surface area contributed by atoms with E-state index >= 15 is 0 Å². The second-order valence-corrected chi connectivity index (χ2v) is 7.37. The van der Waals surface area contributed by atoms with Gasteiger partial charge >= 0.3 is 0 Å². The number of carbonyl (C=O) groups excluding carboxylic acids is 1. The predicted octanol–water partition coefficient (Wildman–Crippen LogP) is 3.33. The van der Waals surface area contributed by atoms with E-state index < -0.39 is 0 Å². The molecule has 2 aromatic rings. The lowest BCUT2D eigenvalue weighted by Gasteiger charge is -2.38. The summed E-state index contributed by atoms with van der Waals surface area (Å²) in [6, 6.07) is 11.2. The molecule has 0 aromatic heterocycles. The van der Waals surface area contributed by atoms with Crippen molar-refractivity contribution < 1.29 is 14.3 Å². The Bertz CT molecular complexity index is 845. The Balaban J connectivity index is 1.61. The van der Waals surface area contributed by atoms with Gasteiger partial charge in [0.25, 0.3) is 5.91 Å². The van der Waals surface area contributed by atoms with Crippen LogP contribution in [0.4, 0.5) is 5.69 Å². The molecule has 0 saturated carbocycles. The molecule has 3 N–H and O–H groups in total. The first-order valence-electron chi connectivity index (χ1n) is 8.50. The number of nitrogen functional groups attached to an aromatic ring is 1. The van der Waals surface area contributed by atoms with Crippen LogP contribution in [0.2, 0.25) is 0 Å². The lowest BCUT2D eigenvalue weighted by atomic mass is 9.89. The van der Waals surface area contributed by atoms with Crippen molar-refractivity contribution in [1.29, 1.82) is 0 Å². The molecular weight excluding hydrogens is 316 g/mol. The molecule has 0 spiro atoms. The largest absolute Gasteiger partial charge is 0.487 e. The molecule has 1 atom stereocenters. The van der Waals surface area contributed by atoms with Crippen LogP contribution in [0, 0.1) is 0 Å². The number of hydrogen-bond donors (Lipinski definition) is 2. The van der Waals surface area contributed by atoms with Crippen LogP contribution in [0.25, 0.3) is 0 Å². The van der Waals surface area contributed by atoms with E-state index in [0.717, 1.165) is 22.4 Å². The number of rotatable bonds is 2. The molecule has 4 rings (SSSR count). The number of amides is 1. The van der Waals surface area contributed by atoms with Crippen LogP contribution >= 0.6 is 0 Å². The lowest BCUT2D eigenvalue weighted by Crippen LogP contribution is -2.41. The van der Waals surface area contributed by atoms with E-state index in [0.29, 0.717) is 30.9 Å². The highest BCUT2D eigenvalue weighted by atomic mass is 16.5. The quantitative estimate of drug-likeness (QED) is 0.824. The fourth-order valence-corrected chi connectivity index (χ4v) is 3.56. The second kappa shape index (κ2) is 5.77. The molecule has 0 fully saturated rings. The zero-order valence-electron chi connectivity index (χ0n) is 14.5. The number of fused-ring (bicyclic) bond motifs is 2. The summed E-state index contributed by atoms with van der Waals surface area (Å²) in [6.07, 6.45) is 0.684. The first-order valence-corrected chi connectivity index (χ1v) is 8.50. The summed E-state index contributed by atoms with van der Waals surface area (Å²) in [6.45, 7) is 5.24. The van der Waals surface area contributed by atoms with Crippen LogP contribution in [0.3, 0.4) is 0 Å². The molecule has 25 heavy (non-hydrogen) atoms.